The molecule has 0 saturated heterocycles. The molecule has 0 bridgehead atoms. The van der Waals surface area contributed by atoms with Crippen molar-refractivity contribution in [1.82, 2.24) is 4.98 Å². The number of hydrogen-bond donors (Lipinski definition) is 2. The van der Waals surface area contributed by atoms with Gasteiger partial charge in [-0.05, 0) is 19.1 Å². The highest BCUT2D eigenvalue weighted by Gasteiger charge is 2.33. The van der Waals surface area contributed by atoms with E-state index in [4.69, 9.17) is 18.0 Å². The summed E-state index contributed by atoms with van der Waals surface area (Å²) >= 11 is 4.78. The van der Waals surface area contributed by atoms with Crippen LogP contribution in [-0.4, -0.2) is 32.2 Å². The van der Waals surface area contributed by atoms with Crippen molar-refractivity contribution in [2.75, 3.05) is 17.3 Å². The van der Waals surface area contributed by atoms with Gasteiger partial charge >= 0.3 is 6.18 Å². The third kappa shape index (κ3) is 4.71. The number of thiocarbonyl (C=S) groups is 1. The topological polar surface area (TPSA) is 68.0 Å². The van der Waals surface area contributed by atoms with Crippen LogP contribution in [0.5, 0.6) is 0 Å². The molecule has 4 nitrogen and oxygen atoms in total. The molecule has 20 heavy (non-hydrogen) atoms. The number of rotatable bonds is 5. The predicted molar refractivity (Wildman–Crippen MR) is 77.1 cm³/mol. The number of anilines is 1. The van der Waals surface area contributed by atoms with Gasteiger partial charge in [0.1, 0.15) is 16.5 Å². The summed E-state index contributed by atoms with van der Waals surface area (Å²) in [7, 11) is -1.09. The van der Waals surface area contributed by atoms with Gasteiger partial charge in [0.25, 0.3) is 0 Å². The van der Waals surface area contributed by atoms with Crippen molar-refractivity contribution in [3.63, 3.8) is 0 Å². The molecule has 0 spiro atoms. The lowest BCUT2D eigenvalue weighted by Crippen LogP contribution is -2.26. The highest BCUT2D eigenvalue weighted by molar-refractivity contribution is 7.84. The first-order valence-electron chi connectivity index (χ1n) is 5.56. The molecule has 2 atom stereocenters. The standard InChI is InChI=1S/C11H14F3N3OS2/c1-6(5-20(2)18)16-10-7(9(15)19)3-4-8(17-10)11(12,13)14/h3-4,6H,5H2,1-2H3,(H2,15,19)(H,16,17). The Morgan fingerprint density at radius 3 is 2.60 bits per heavy atom. The molecule has 0 amide bonds. The number of pyridine rings is 1. The fourth-order valence-corrected chi connectivity index (χ4v) is 2.51. The van der Waals surface area contributed by atoms with Gasteiger partial charge in [-0.15, -0.1) is 0 Å². The molecule has 0 aliphatic rings. The second-order valence-electron chi connectivity index (χ2n) is 4.24. The second-order valence-corrected chi connectivity index (χ2v) is 6.16. The average molecular weight is 325 g/mol. The highest BCUT2D eigenvalue weighted by Crippen LogP contribution is 2.29. The SMILES string of the molecule is CC(CS(C)=O)Nc1nc(C(F)(F)F)ccc1C(N)=S. The third-order valence-corrected chi connectivity index (χ3v) is 3.51. The fourth-order valence-electron chi connectivity index (χ4n) is 1.55. The lowest BCUT2D eigenvalue weighted by Gasteiger charge is -2.17. The largest absolute Gasteiger partial charge is 0.433 e. The van der Waals surface area contributed by atoms with Crippen LogP contribution in [0.2, 0.25) is 0 Å². The van der Waals surface area contributed by atoms with Crippen LogP contribution in [-0.2, 0) is 17.0 Å². The van der Waals surface area contributed by atoms with E-state index < -0.39 is 22.7 Å². The maximum atomic E-state index is 12.6. The molecule has 0 aromatic carbocycles. The molecule has 2 unspecified atom stereocenters. The van der Waals surface area contributed by atoms with Crippen LogP contribution in [0.1, 0.15) is 18.2 Å². The Morgan fingerprint density at radius 2 is 2.15 bits per heavy atom. The lowest BCUT2D eigenvalue weighted by molar-refractivity contribution is -0.141. The summed E-state index contributed by atoms with van der Waals surface area (Å²) < 4.78 is 49.0. The van der Waals surface area contributed by atoms with Gasteiger partial charge in [0.15, 0.2) is 0 Å². The summed E-state index contributed by atoms with van der Waals surface area (Å²) in [5.41, 5.74) is 4.65. The predicted octanol–water partition coefficient (Wildman–Crippen LogP) is 1.91. The normalized spacial score (nSPS) is 14.7. The van der Waals surface area contributed by atoms with Crippen molar-refractivity contribution in [2.45, 2.75) is 19.1 Å². The van der Waals surface area contributed by atoms with Gasteiger partial charge in [-0.2, -0.15) is 13.2 Å². The van der Waals surface area contributed by atoms with Crippen molar-refractivity contribution >= 4 is 33.8 Å². The van der Waals surface area contributed by atoms with E-state index in [0.29, 0.717) is 0 Å². The molecule has 1 aromatic rings. The van der Waals surface area contributed by atoms with Crippen LogP contribution in [0, 0.1) is 0 Å². The van der Waals surface area contributed by atoms with Crippen molar-refractivity contribution < 1.29 is 17.4 Å². The van der Waals surface area contributed by atoms with E-state index in [-0.39, 0.29) is 28.2 Å². The van der Waals surface area contributed by atoms with Crippen molar-refractivity contribution in [1.29, 1.82) is 0 Å². The van der Waals surface area contributed by atoms with Crippen LogP contribution < -0.4 is 11.1 Å². The first-order valence-corrected chi connectivity index (χ1v) is 7.69. The van der Waals surface area contributed by atoms with E-state index in [1.807, 2.05) is 0 Å². The summed E-state index contributed by atoms with van der Waals surface area (Å²) in [6.45, 7) is 1.69. The fraction of sp³-hybridized carbons (Fsp3) is 0.455. The molecule has 1 rings (SSSR count). The van der Waals surface area contributed by atoms with Crippen LogP contribution in [0.15, 0.2) is 12.1 Å². The maximum absolute atomic E-state index is 12.6. The number of alkyl halides is 3. The van der Waals surface area contributed by atoms with Gasteiger partial charge in [0.05, 0.1) is 5.56 Å². The van der Waals surface area contributed by atoms with Gasteiger partial charge in [-0.25, -0.2) is 4.98 Å². The molecule has 0 aliphatic carbocycles. The molecule has 1 heterocycles. The Kier molecular flexibility index (Phi) is 5.46. The van der Waals surface area contributed by atoms with Crippen molar-refractivity contribution in [3.05, 3.63) is 23.4 Å². The quantitative estimate of drug-likeness (QED) is 0.810. The Hall–Kier alpha value is -1.22. The number of nitrogens with two attached hydrogens (primary N) is 1. The summed E-state index contributed by atoms with van der Waals surface area (Å²) in [6.07, 6.45) is -3.05. The van der Waals surface area contributed by atoms with Crippen LogP contribution in [0.25, 0.3) is 0 Å². The minimum absolute atomic E-state index is 0.0507. The monoisotopic (exact) mass is 325 g/mol. The molecule has 1 aromatic heterocycles. The van der Waals surface area contributed by atoms with Gasteiger partial charge < -0.3 is 11.1 Å². The van der Waals surface area contributed by atoms with E-state index in [2.05, 4.69) is 10.3 Å². The third-order valence-electron chi connectivity index (χ3n) is 2.32. The van der Waals surface area contributed by atoms with Crippen molar-refractivity contribution in [3.8, 4) is 0 Å². The van der Waals surface area contributed by atoms with Crippen LogP contribution >= 0.6 is 12.2 Å². The number of halogens is 3. The smallest absolute Gasteiger partial charge is 0.389 e. The summed E-state index contributed by atoms with van der Waals surface area (Å²) in [6, 6.07) is 1.67. The van der Waals surface area contributed by atoms with E-state index in [9.17, 15) is 17.4 Å². The minimum atomic E-state index is -4.55. The zero-order valence-corrected chi connectivity index (χ0v) is 12.5. The maximum Gasteiger partial charge on any atom is 0.433 e. The molecule has 0 aliphatic heterocycles. The molecular weight excluding hydrogens is 311 g/mol. The van der Waals surface area contributed by atoms with E-state index in [1.165, 1.54) is 12.3 Å². The molecule has 0 radical (unpaired) electrons. The number of nitrogens with one attached hydrogen (secondary N) is 1. The number of nitrogens with zero attached hydrogens (tertiary/aromatic N) is 1. The van der Waals surface area contributed by atoms with Gasteiger partial charge in [0.2, 0.25) is 0 Å². The molecule has 112 valence electrons. The Labute approximate surface area is 122 Å². The molecule has 3 N–H and O–H groups in total. The first-order chi connectivity index (χ1) is 9.11. The zero-order chi connectivity index (χ0) is 15.5. The molecule has 9 heteroatoms. The van der Waals surface area contributed by atoms with Crippen LogP contribution in [0.4, 0.5) is 19.0 Å². The van der Waals surface area contributed by atoms with Gasteiger partial charge in [0, 0.05) is 28.9 Å². The Morgan fingerprint density at radius 1 is 1.55 bits per heavy atom. The van der Waals surface area contributed by atoms with Gasteiger partial charge in [-0.1, -0.05) is 12.2 Å². The van der Waals surface area contributed by atoms with Crippen molar-refractivity contribution in [2.24, 2.45) is 5.73 Å². The molecule has 0 saturated carbocycles. The average Bonchev–Trinajstić information content (AvgIpc) is 2.25. The van der Waals surface area contributed by atoms with E-state index in [1.54, 1.807) is 6.92 Å². The van der Waals surface area contributed by atoms with E-state index >= 15 is 0 Å². The highest BCUT2D eigenvalue weighted by atomic mass is 32.2. The number of aromatic nitrogens is 1. The summed E-state index contributed by atoms with van der Waals surface area (Å²) in [5.74, 6) is 0.222. The Balaban J connectivity index is 3.12. The van der Waals surface area contributed by atoms with Gasteiger partial charge in [-0.3, -0.25) is 4.21 Å². The minimum Gasteiger partial charge on any atom is -0.389 e. The first kappa shape index (κ1) is 16.8. The second kappa shape index (κ2) is 6.49. The van der Waals surface area contributed by atoms with Crippen LogP contribution in [0.3, 0.4) is 0 Å². The summed E-state index contributed by atoms with van der Waals surface area (Å²) in [5, 5.41) is 2.76. The lowest BCUT2D eigenvalue weighted by atomic mass is 10.2. The summed E-state index contributed by atoms with van der Waals surface area (Å²) in [4.78, 5) is 3.45. The Bertz CT molecular complexity index is 534. The van der Waals surface area contributed by atoms with E-state index in [0.717, 1.165) is 6.07 Å². The zero-order valence-electron chi connectivity index (χ0n) is 10.8. The molecule has 0 fully saturated rings. The number of hydrogen-bond acceptors (Lipinski definition) is 4. The molecular formula is C11H14F3N3OS2.